The van der Waals surface area contributed by atoms with Gasteiger partial charge in [-0.1, -0.05) is 36.8 Å². The van der Waals surface area contributed by atoms with Gasteiger partial charge in [0.05, 0.1) is 10.5 Å². The molecule has 1 N–H and O–H groups in total. The summed E-state index contributed by atoms with van der Waals surface area (Å²) in [4.78, 5) is 12.6. The molecule has 0 unspecified atom stereocenters. The van der Waals surface area contributed by atoms with Gasteiger partial charge >= 0.3 is 0 Å². The number of carbonyl (C=O) groups excluding carboxylic acids is 1. The standard InChI is InChI=1S/C20H23FN2O3S/c21-18-10-4-2-8-16(18)12-13-22-20(24)17-9-3-5-11-19(17)27(25,26)23-14-6-1-7-15-23/h2-5,8-11H,1,6-7,12-15H2,(H,22,24). The maximum absolute atomic E-state index is 13.7. The third kappa shape index (κ3) is 4.54. The lowest BCUT2D eigenvalue weighted by atomic mass is 10.1. The van der Waals surface area contributed by atoms with Crippen LogP contribution in [-0.4, -0.2) is 38.3 Å². The first kappa shape index (κ1) is 19.5. The fourth-order valence-corrected chi connectivity index (χ4v) is 4.94. The Kier molecular flexibility index (Phi) is 6.23. The molecule has 7 heteroatoms. The van der Waals surface area contributed by atoms with E-state index in [0.717, 1.165) is 19.3 Å². The number of benzene rings is 2. The lowest BCUT2D eigenvalue weighted by Crippen LogP contribution is -2.37. The van der Waals surface area contributed by atoms with Gasteiger partial charge in [-0.3, -0.25) is 4.79 Å². The van der Waals surface area contributed by atoms with Gasteiger partial charge in [0.1, 0.15) is 5.82 Å². The van der Waals surface area contributed by atoms with Crippen LogP contribution in [0.1, 0.15) is 35.2 Å². The first-order chi connectivity index (χ1) is 13.0. The highest BCUT2D eigenvalue weighted by Crippen LogP contribution is 2.23. The highest BCUT2D eigenvalue weighted by molar-refractivity contribution is 7.89. The summed E-state index contributed by atoms with van der Waals surface area (Å²) in [6.07, 6.45) is 3.01. The zero-order valence-corrected chi connectivity index (χ0v) is 15.8. The van der Waals surface area contributed by atoms with E-state index in [2.05, 4.69) is 5.32 Å². The molecule has 27 heavy (non-hydrogen) atoms. The predicted molar refractivity (Wildman–Crippen MR) is 101 cm³/mol. The molecule has 0 aromatic heterocycles. The first-order valence-corrected chi connectivity index (χ1v) is 10.5. The number of nitrogens with one attached hydrogen (secondary N) is 1. The molecule has 3 rings (SSSR count). The van der Waals surface area contributed by atoms with Crippen LogP contribution >= 0.6 is 0 Å². The number of carbonyl (C=O) groups is 1. The minimum atomic E-state index is -3.71. The van der Waals surface area contributed by atoms with Crippen LogP contribution in [0.15, 0.2) is 53.4 Å². The SMILES string of the molecule is O=C(NCCc1ccccc1F)c1ccccc1S(=O)(=O)N1CCCCC1. The van der Waals surface area contributed by atoms with Gasteiger partial charge in [0.25, 0.3) is 5.91 Å². The van der Waals surface area contributed by atoms with E-state index >= 15 is 0 Å². The fourth-order valence-electron chi connectivity index (χ4n) is 3.23. The van der Waals surface area contributed by atoms with E-state index in [1.54, 1.807) is 30.3 Å². The van der Waals surface area contributed by atoms with Crippen molar-refractivity contribution in [1.82, 2.24) is 9.62 Å². The quantitative estimate of drug-likeness (QED) is 0.825. The van der Waals surface area contributed by atoms with Crippen molar-refractivity contribution in [2.75, 3.05) is 19.6 Å². The van der Waals surface area contributed by atoms with Crippen LogP contribution in [0.3, 0.4) is 0 Å². The highest BCUT2D eigenvalue weighted by Gasteiger charge is 2.29. The molecule has 144 valence electrons. The molecule has 1 heterocycles. The third-order valence-corrected chi connectivity index (χ3v) is 6.66. The van der Waals surface area contributed by atoms with Crippen LogP contribution < -0.4 is 5.32 Å². The summed E-state index contributed by atoms with van der Waals surface area (Å²) in [6, 6.07) is 12.6. The Labute approximate surface area is 159 Å². The largest absolute Gasteiger partial charge is 0.352 e. The van der Waals surface area contributed by atoms with Crippen molar-refractivity contribution in [2.45, 2.75) is 30.6 Å². The molecular weight excluding hydrogens is 367 g/mol. The predicted octanol–water partition coefficient (Wildman–Crippen LogP) is 2.97. The number of sulfonamides is 1. The molecule has 0 radical (unpaired) electrons. The van der Waals surface area contributed by atoms with Crippen LogP contribution in [0.4, 0.5) is 4.39 Å². The zero-order chi connectivity index (χ0) is 19.3. The summed E-state index contributed by atoms with van der Waals surface area (Å²) in [5.74, 6) is -0.789. The molecule has 2 aromatic rings. The first-order valence-electron chi connectivity index (χ1n) is 9.11. The number of hydrogen-bond donors (Lipinski definition) is 1. The molecule has 1 aliphatic rings. The Morgan fingerprint density at radius 1 is 1.00 bits per heavy atom. The van der Waals surface area contributed by atoms with Gasteiger partial charge in [-0.2, -0.15) is 4.31 Å². The van der Waals surface area contributed by atoms with Crippen molar-refractivity contribution in [1.29, 1.82) is 0 Å². The van der Waals surface area contributed by atoms with Crippen molar-refractivity contribution in [3.63, 3.8) is 0 Å². The summed E-state index contributed by atoms with van der Waals surface area (Å²) >= 11 is 0. The number of hydrogen-bond acceptors (Lipinski definition) is 3. The molecule has 5 nitrogen and oxygen atoms in total. The van der Waals surface area contributed by atoms with Crippen molar-refractivity contribution in [3.05, 3.63) is 65.5 Å². The van der Waals surface area contributed by atoms with Gasteiger partial charge in [0.2, 0.25) is 10.0 Å². The zero-order valence-electron chi connectivity index (χ0n) is 15.0. The van der Waals surface area contributed by atoms with Gasteiger partial charge in [-0.05, 0) is 43.0 Å². The molecular formula is C20H23FN2O3S. The molecule has 0 saturated carbocycles. The maximum atomic E-state index is 13.7. The van der Waals surface area contributed by atoms with Crippen molar-refractivity contribution in [2.24, 2.45) is 0 Å². The second kappa shape index (κ2) is 8.63. The normalized spacial score (nSPS) is 15.4. The Morgan fingerprint density at radius 2 is 1.67 bits per heavy atom. The molecule has 1 amide bonds. The second-order valence-electron chi connectivity index (χ2n) is 6.56. The summed E-state index contributed by atoms with van der Waals surface area (Å²) in [6.45, 7) is 1.18. The van der Waals surface area contributed by atoms with Gasteiger partial charge in [-0.15, -0.1) is 0 Å². The molecule has 0 bridgehead atoms. The Morgan fingerprint density at radius 3 is 2.41 bits per heavy atom. The minimum Gasteiger partial charge on any atom is -0.352 e. The molecule has 1 saturated heterocycles. The van der Waals surface area contributed by atoms with E-state index in [9.17, 15) is 17.6 Å². The van der Waals surface area contributed by atoms with Crippen molar-refractivity contribution >= 4 is 15.9 Å². The molecule has 1 aliphatic heterocycles. The van der Waals surface area contributed by atoms with E-state index in [1.807, 2.05) is 0 Å². The van der Waals surface area contributed by atoms with Crippen LogP contribution in [0.5, 0.6) is 0 Å². The van der Waals surface area contributed by atoms with Crippen LogP contribution in [-0.2, 0) is 16.4 Å². The van der Waals surface area contributed by atoms with Crippen molar-refractivity contribution < 1.29 is 17.6 Å². The lowest BCUT2D eigenvalue weighted by molar-refractivity contribution is 0.0950. The number of rotatable bonds is 6. The van der Waals surface area contributed by atoms with E-state index in [1.165, 1.54) is 22.5 Å². The summed E-state index contributed by atoms with van der Waals surface area (Å²) in [5, 5.41) is 2.70. The molecule has 0 spiro atoms. The number of amides is 1. The Bertz CT molecular complexity index is 909. The second-order valence-corrected chi connectivity index (χ2v) is 8.46. The van der Waals surface area contributed by atoms with E-state index in [4.69, 9.17) is 0 Å². The fraction of sp³-hybridized carbons (Fsp3) is 0.350. The molecule has 2 aromatic carbocycles. The minimum absolute atomic E-state index is 0.0234. The molecule has 0 aliphatic carbocycles. The van der Waals surface area contributed by atoms with Crippen molar-refractivity contribution in [3.8, 4) is 0 Å². The van der Waals surface area contributed by atoms with Gasteiger partial charge in [0.15, 0.2) is 0 Å². The van der Waals surface area contributed by atoms with Gasteiger partial charge in [-0.25, -0.2) is 12.8 Å². The smallest absolute Gasteiger partial charge is 0.252 e. The Balaban J connectivity index is 1.73. The van der Waals surface area contributed by atoms with Crippen LogP contribution in [0.2, 0.25) is 0 Å². The number of piperidine rings is 1. The third-order valence-electron chi connectivity index (χ3n) is 4.70. The maximum Gasteiger partial charge on any atom is 0.252 e. The molecule has 0 atom stereocenters. The van der Waals surface area contributed by atoms with E-state index in [-0.39, 0.29) is 22.8 Å². The Hall–Kier alpha value is -2.25. The average Bonchev–Trinajstić information content (AvgIpc) is 2.70. The number of nitrogens with zero attached hydrogens (tertiary/aromatic N) is 1. The highest BCUT2D eigenvalue weighted by atomic mass is 32.2. The van der Waals surface area contributed by atoms with Crippen LogP contribution in [0.25, 0.3) is 0 Å². The summed E-state index contributed by atoms with van der Waals surface area (Å²) in [7, 11) is -3.71. The topological polar surface area (TPSA) is 66.5 Å². The van der Waals surface area contributed by atoms with E-state index < -0.39 is 15.9 Å². The summed E-state index contributed by atoms with van der Waals surface area (Å²) < 4.78 is 41.0. The average molecular weight is 390 g/mol. The monoisotopic (exact) mass is 390 g/mol. The van der Waals surface area contributed by atoms with Crippen LogP contribution in [0, 0.1) is 5.82 Å². The van der Waals surface area contributed by atoms with Gasteiger partial charge < -0.3 is 5.32 Å². The number of halogens is 1. The van der Waals surface area contributed by atoms with Gasteiger partial charge in [0, 0.05) is 19.6 Å². The summed E-state index contributed by atoms with van der Waals surface area (Å²) in [5.41, 5.74) is 0.628. The van der Waals surface area contributed by atoms with E-state index in [0.29, 0.717) is 25.1 Å². The molecule has 1 fully saturated rings. The lowest BCUT2D eigenvalue weighted by Gasteiger charge is -2.26.